The van der Waals surface area contributed by atoms with Crippen LogP contribution in [0.1, 0.15) is 18.0 Å². The zero-order chi connectivity index (χ0) is 17.7. The van der Waals surface area contributed by atoms with Crippen molar-refractivity contribution in [3.8, 4) is 0 Å². The van der Waals surface area contributed by atoms with E-state index >= 15 is 0 Å². The van der Waals surface area contributed by atoms with E-state index in [9.17, 15) is 8.42 Å². The summed E-state index contributed by atoms with van der Waals surface area (Å²) in [7, 11) is 3.83. The van der Waals surface area contributed by atoms with E-state index in [0.29, 0.717) is 19.6 Å². The van der Waals surface area contributed by atoms with E-state index in [-0.39, 0.29) is 12.6 Å². The largest absolute Gasteiger partial charge is 0.385 e. The quantitative estimate of drug-likeness (QED) is 0.700. The normalized spacial score (nSPS) is 22.0. The number of nitrogens with zero attached hydrogens (tertiary/aromatic N) is 2. The van der Waals surface area contributed by atoms with Crippen molar-refractivity contribution in [1.29, 1.82) is 0 Å². The Morgan fingerprint density at radius 1 is 1.33 bits per heavy atom. The maximum Gasteiger partial charge on any atom is 0.218 e. The smallest absolute Gasteiger partial charge is 0.218 e. The van der Waals surface area contributed by atoms with Crippen LogP contribution in [0.2, 0.25) is 0 Å². The molecule has 0 radical (unpaired) electrons. The molecule has 24 heavy (non-hydrogen) atoms. The van der Waals surface area contributed by atoms with E-state index in [1.807, 2.05) is 43.3 Å². The molecule has 1 aromatic rings. The Hall–Kier alpha value is -1.19. The lowest BCUT2D eigenvalue weighted by Crippen LogP contribution is -2.39. The third-order valence-corrected chi connectivity index (χ3v) is 5.96. The van der Waals surface area contributed by atoms with Gasteiger partial charge in [0.25, 0.3) is 0 Å². The molecule has 1 fully saturated rings. The monoisotopic (exact) mass is 357 g/mol. The highest BCUT2D eigenvalue weighted by atomic mass is 32.2. The summed E-state index contributed by atoms with van der Waals surface area (Å²) in [5.41, 5.74) is 1.99. The van der Waals surface area contributed by atoms with Gasteiger partial charge in [-0.05, 0) is 24.1 Å². The van der Waals surface area contributed by atoms with E-state index in [1.165, 1.54) is 0 Å². The van der Waals surface area contributed by atoms with Crippen LogP contribution in [0, 0.1) is 0 Å². The number of hydrogen-bond acceptors (Lipinski definition) is 6. The molecule has 7 nitrogen and oxygen atoms in total. The van der Waals surface area contributed by atoms with Crippen LogP contribution in [0.3, 0.4) is 0 Å². The Kier molecular flexibility index (Phi) is 6.59. The fraction of sp³-hybridized carbons (Fsp3) is 0.625. The van der Waals surface area contributed by atoms with E-state index in [1.54, 1.807) is 19.2 Å². The van der Waals surface area contributed by atoms with Crippen molar-refractivity contribution in [1.82, 2.24) is 9.79 Å². The van der Waals surface area contributed by atoms with E-state index in [2.05, 4.69) is 4.72 Å². The average molecular weight is 357 g/mol. The molecule has 1 N–H and O–H groups in total. The van der Waals surface area contributed by atoms with Crippen LogP contribution in [0.15, 0.2) is 24.3 Å². The number of hydrogen-bond donors (Lipinski definition) is 1. The Morgan fingerprint density at radius 3 is 2.58 bits per heavy atom. The number of ether oxygens (including phenoxy) is 1. The summed E-state index contributed by atoms with van der Waals surface area (Å²) in [4.78, 5) is 7.51. The zero-order valence-electron chi connectivity index (χ0n) is 14.7. The number of methoxy groups -OCH3 is 1. The highest BCUT2D eigenvalue weighted by Gasteiger charge is 2.42. The first kappa shape index (κ1) is 19.1. The third kappa shape index (κ3) is 4.46. The van der Waals surface area contributed by atoms with Crippen molar-refractivity contribution in [2.45, 2.75) is 17.7 Å². The van der Waals surface area contributed by atoms with Gasteiger partial charge in [0, 0.05) is 47.1 Å². The molecule has 0 aromatic heterocycles. The van der Waals surface area contributed by atoms with E-state index in [0.717, 1.165) is 11.3 Å². The van der Waals surface area contributed by atoms with Gasteiger partial charge in [0.1, 0.15) is 5.25 Å². The lowest BCUT2D eigenvalue weighted by atomic mass is 10.0. The summed E-state index contributed by atoms with van der Waals surface area (Å²) >= 11 is 0. The van der Waals surface area contributed by atoms with Crippen molar-refractivity contribution in [2.75, 3.05) is 52.9 Å². The van der Waals surface area contributed by atoms with Crippen molar-refractivity contribution in [3.63, 3.8) is 0 Å². The molecule has 2 unspecified atom stereocenters. The van der Waals surface area contributed by atoms with Gasteiger partial charge in [0.15, 0.2) is 0 Å². The summed E-state index contributed by atoms with van der Waals surface area (Å²) in [6.45, 7) is 1.04. The summed E-state index contributed by atoms with van der Waals surface area (Å²) in [5, 5.41) is 0.985. The van der Waals surface area contributed by atoms with Gasteiger partial charge >= 0.3 is 0 Å². The van der Waals surface area contributed by atoms with Crippen LogP contribution in [0.4, 0.5) is 5.69 Å². The molecule has 1 heterocycles. The molecule has 1 saturated heterocycles. The standard InChI is InChI=1S/C16H27N3O4S/c1-18(2)14-8-6-13(7-9-14)16-15(12-23-19(16)3)24(20,21)17-10-5-11-22-4/h6-9,15-17H,5,10-12H2,1-4H3. The molecular weight excluding hydrogens is 330 g/mol. The Balaban J connectivity index is 2.14. The fourth-order valence-electron chi connectivity index (χ4n) is 2.79. The van der Waals surface area contributed by atoms with Crippen LogP contribution in [-0.2, 0) is 19.6 Å². The molecule has 2 atom stereocenters. The average Bonchev–Trinajstić information content (AvgIpc) is 2.94. The second-order valence-corrected chi connectivity index (χ2v) is 8.08. The van der Waals surface area contributed by atoms with E-state index in [4.69, 9.17) is 9.57 Å². The topological polar surface area (TPSA) is 71.1 Å². The second kappa shape index (κ2) is 8.26. The number of benzene rings is 1. The van der Waals surface area contributed by atoms with Gasteiger partial charge in [-0.3, -0.25) is 4.84 Å². The number of sulfonamides is 1. The summed E-state index contributed by atoms with van der Waals surface area (Å²) < 4.78 is 32.9. The van der Waals surface area contributed by atoms with Crippen LogP contribution in [-0.4, -0.2) is 66.7 Å². The van der Waals surface area contributed by atoms with Crippen molar-refractivity contribution < 1.29 is 18.0 Å². The minimum atomic E-state index is -3.48. The summed E-state index contributed by atoms with van der Waals surface area (Å²) in [5.74, 6) is 0. The van der Waals surface area contributed by atoms with Crippen LogP contribution < -0.4 is 9.62 Å². The van der Waals surface area contributed by atoms with Crippen LogP contribution >= 0.6 is 0 Å². The molecular formula is C16H27N3O4S. The maximum atomic E-state index is 12.6. The Labute approximate surface area is 144 Å². The first-order valence-electron chi connectivity index (χ1n) is 7.97. The number of rotatable bonds is 8. The lowest BCUT2D eigenvalue weighted by molar-refractivity contribution is -0.110. The van der Waals surface area contributed by atoms with Crippen molar-refractivity contribution in [3.05, 3.63) is 29.8 Å². The molecule has 0 spiro atoms. The summed E-state index contributed by atoms with van der Waals surface area (Å²) in [6, 6.07) is 7.55. The molecule has 8 heteroatoms. The Bertz CT molecular complexity index is 619. The van der Waals surface area contributed by atoms with Gasteiger partial charge in [-0.2, -0.15) is 5.06 Å². The molecule has 1 aliphatic heterocycles. The molecule has 0 amide bonds. The van der Waals surface area contributed by atoms with Gasteiger partial charge < -0.3 is 9.64 Å². The van der Waals surface area contributed by atoms with Gasteiger partial charge in [0.2, 0.25) is 10.0 Å². The first-order chi connectivity index (χ1) is 11.4. The van der Waals surface area contributed by atoms with Crippen molar-refractivity contribution >= 4 is 15.7 Å². The Morgan fingerprint density at radius 2 is 2.00 bits per heavy atom. The van der Waals surface area contributed by atoms with E-state index < -0.39 is 15.3 Å². The van der Waals surface area contributed by atoms with Gasteiger partial charge in [-0.15, -0.1) is 0 Å². The predicted octanol–water partition coefficient (Wildman–Crippen LogP) is 0.995. The highest BCUT2D eigenvalue weighted by Crippen LogP contribution is 2.33. The van der Waals surface area contributed by atoms with Crippen LogP contribution in [0.5, 0.6) is 0 Å². The number of anilines is 1. The zero-order valence-corrected chi connectivity index (χ0v) is 15.5. The summed E-state index contributed by atoms with van der Waals surface area (Å²) in [6.07, 6.45) is 0.640. The molecule has 2 rings (SSSR count). The van der Waals surface area contributed by atoms with Gasteiger partial charge in [-0.1, -0.05) is 12.1 Å². The molecule has 1 aliphatic rings. The van der Waals surface area contributed by atoms with Crippen molar-refractivity contribution in [2.24, 2.45) is 0 Å². The fourth-order valence-corrected chi connectivity index (χ4v) is 4.34. The molecule has 1 aromatic carbocycles. The number of nitrogens with one attached hydrogen (secondary N) is 1. The SMILES string of the molecule is COCCCNS(=O)(=O)C1CON(C)C1c1ccc(N(C)C)cc1. The minimum absolute atomic E-state index is 0.149. The molecule has 0 bridgehead atoms. The highest BCUT2D eigenvalue weighted by molar-refractivity contribution is 7.90. The number of hydroxylamine groups is 2. The third-order valence-electron chi connectivity index (χ3n) is 4.16. The first-order valence-corrected chi connectivity index (χ1v) is 9.52. The molecule has 136 valence electrons. The molecule has 0 saturated carbocycles. The minimum Gasteiger partial charge on any atom is -0.385 e. The van der Waals surface area contributed by atoms with Gasteiger partial charge in [0.05, 0.1) is 12.6 Å². The lowest BCUT2D eigenvalue weighted by Gasteiger charge is -2.24. The predicted molar refractivity (Wildman–Crippen MR) is 94.4 cm³/mol. The maximum absolute atomic E-state index is 12.6. The second-order valence-electron chi connectivity index (χ2n) is 6.10. The molecule has 0 aliphatic carbocycles. The van der Waals surface area contributed by atoms with Crippen LogP contribution in [0.25, 0.3) is 0 Å². The van der Waals surface area contributed by atoms with Gasteiger partial charge in [-0.25, -0.2) is 13.1 Å².